The van der Waals surface area contributed by atoms with E-state index in [9.17, 15) is 4.79 Å². The van der Waals surface area contributed by atoms with Gasteiger partial charge >= 0.3 is 0 Å². The molecule has 0 atom stereocenters. The maximum absolute atomic E-state index is 11.1. The fraction of sp³-hybridized carbons (Fsp3) is 0.118. The van der Waals surface area contributed by atoms with Crippen LogP contribution in [0.5, 0.6) is 0 Å². The van der Waals surface area contributed by atoms with E-state index in [1.165, 1.54) is 11.8 Å². The molecule has 1 amide bonds. The Kier molecular flexibility index (Phi) is 4.10. The Hall–Kier alpha value is -2.51. The number of para-hydroxylation sites is 2. The van der Waals surface area contributed by atoms with Crippen LogP contribution < -0.4 is 5.73 Å². The second-order valence-corrected chi connectivity index (χ2v) is 6.95. The molecule has 25 heavy (non-hydrogen) atoms. The van der Waals surface area contributed by atoms with Crippen molar-refractivity contribution >= 4 is 46.1 Å². The molecule has 0 unspecified atom stereocenters. The molecule has 0 fully saturated rings. The van der Waals surface area contributed by atoms with Crippen LogP contribution >= 0.6 is 23.4 Å². The van der Waals surface area contributed by atoms with Crippen LogP contribution in [0.2, 0.25) is 5.02 Å². The zero-order valence-corrected chi connectivity index (χ0v) is 14.7. The summed E-state index contributed by atoms with van der Waals surface area (Å²) >= 11 is 7.26. The van der Waals surface area contributed by atoms with Gasteiger partial charge in [0.25, 0.3) is 0 Å². The number of nitrogens with two attached hydrogens (primary N) is 1. The van der Waals surface area contributed by atoms with E-state index in [-0.39, 0.29) is 11.7 Å². The Labute approximate surface area is 152 Å². The number of benzene rings is 2. The predicted octanol–water partition coefficient (Wildman–Crippen LogP) is 2.96. The molecule has 0 aliphatic heterocycles. The number of primary amides is 1. The van der Waals surface area contributed by atoms with Gasteiger partial charge in [-0.3, -0.25) is 9.20 Å². The molecule has 6 nitrogen and oxygen atoms in total. The van der Waals surface area contributed by atoms with E-state index >= 15 is 0 Å². The van der Waals surface area contributed by atoms with Crippen LogP contribution in [0.15, 0.2) is 53.7 Å². The molecule has 0 aliphatic carbocycles. The van der Waals surface area contributed by atoms with E-state index < -0.39 is 0 Å². The van der Waals surface area contributed by atoms with Crippen molar-refractivity contribution < 1.29 is 4.79 Å². The Morgan fingerprint density at radius 2 is 1.80 bits per heavy atom. The van der Waals surface area contributed by atoms with Gasteiger partial charge in [0.15, 0.2) is 5.16 Å². The normalized spacial score (nSPS) is 11.4. The van der Waals surface area contributed by atoms with Gasteiger partial charge in [-0.1, -0.05) is 47.6 Å². The van der Waals surface area contributed by atoms with Crippen molar-refractivity contribution in [3.05, 3.63) is 59.1 Å². The number of hydrogen-bond donors (Lipinski definition) is 1. The second kappa shape index (κ2) is 6.42. The lowest BCUT2D eigenvalue weighted by Gasteiger charge is -2.05. The number of aromatic nitrogens is 4. The Bertz CT molecular complexity index is 1070. The summed E-state index contributed by atoms with van der Waals surface area (Å²) in [6, 6.07) is 15.7. The maximum Gasteiger partial charge on any atom is 0.237 e. The number of rotatable bonds is 5. The third-order valence-electron chi connectivity index (χ3n) is 3.87. The number of halogens is 1. The van der Waals surface area contributed by atoms with Gasteiger partial charge in [-0.25, -0.2) is 0 Å². The molecule has 0 saturated carbocycles. The molecule has 2 N–H and O–H groups in total. The Balaban J connectivity index is 1.84. The molecular formula is C17H14ClN5OS. The minimum Gasteiger partial charge on any atom is -0.369 e. The fourth-order valence-corrected chi connectivity index (χ4v) is 3.60. The van der Waals surface area contributed by atoms with Gasteiger partial charge in [-0.2, -0.15) is 0 Å². The standard InChI is InChI=1S/C17H14ClN5OS/c18-12-7-5-11(6-8-12)9-22-13-3-1-2-4-14(13)23-16(22)20-21-17(23)25-10-15(19)24/h1-8H,9-10H2,(H2,19,24). The third kappa shape index (κ3) is 2.96. The van der Waals surface area contributed by atoms with Crippen LogP contribution in [0.1, 0.15) is 5.56 Å². The highest BCUT2D eigenvalue weighted by molar-refractivity contribution is 7.99. The highest BCUT2D eigenvalue weighted by Gasteiger charge is 2.17. The first-order valence-corrected chi connectivity index (χ1v) is 8.98. The average Bonchev–Trinajstić information content (AvgIpc) is 3.15. The van der Waals surface area contributed by atoms with Gasteiger partial charge < -0.3 is 10.3 Å². The largest absolute Gasteiger partial charge is 0.369 e. The monoisotopic (exact) mass is 371 g/mol. The number of fused-ring (bicyclic) bond motifs is 3. The van der Waals surface area contributed by atoms with Crippen LogP contribution in [-0.4, -0.2) is 30.8 Å². The van der Waals surface area contributed by atoms with Gasteiger partial charge in [0.05, 0.1) is 23.3 Å². The molecule has 0 spiro atoms. The van der Waals surface area contributed by atoms with E-state index in [0.717, 1.165) is 22.4 Å². The first kappa shape index (κ1) is 16.0. The van der Waals surface area contributed by atoms with Crippen molar-refractivity contribution in [2.24, 2.45) is 5.73 Å². The van der Waals surface area contributed by atoms with Gasteiger partial charge in [0.1, 0.15) is 0 Å². The molecule has 8 heteroatoms. The van der Waals surface area contributed by atoms with Gasteiger partial charge in [0.2, 0.25) is 11.7 Å². The summed E-state index contributed by atoms with van der Waals surface area (Å²) in [4.78, 5) is 11.1. The average molecular weight is 372 g/mol. The van der Waals surface area contributed by atoms with Crippen molar-refractivity contribution in [3.8, 4) is 0 Å². The zero-order chi connectivity index (χ0) is 17.4. The third-order valence-corrected chi connectivity index (χ3v) is 5.07. The summed E-state index contributed by atoms with van der Waals surface area (Å²) in [5.74, 6) is 0.507. The van der Waals surface area contributed by atoms with E-state index in [1.54, 1.807) is 0 Å². The molecule has 0 bridgehead atoms. The predicted molar refractivity (Wildman–Crippen MR) is 99.0 cm³/mol. The van der Waals surface area contributed by atoms with E-state index in [4.69, 9.17) is 17.3 Å². The molecule has 2 heterocycles. The van der Waals surface area contributed by atoms with Crippen LogP contribution in [0, 0.1) is 0 Å². The van der Waals surface area contributed by atoms with E-state index in [2.05, 4.69) is 14.8 Å². The number of carbonyl (C=O) groups excluding carboxylic acids is 1. The Morgan fingerprint density at radius 3 is 2.52 bits per heavy atom. The topological polar surface area (TPSA) is 78.2 Å². The number of thioether (sulfide) groups is 1. The van der Waals surface area contributed by atoms with E-state index in [0.29, 0.717) is 16.7 Å². The van der Waals surface area contributed by atoms with Crippen LogP contribution in [0.25, 0.3) is 16.8 Å². The summed E-state index contributed by atoms with van der Waals surface area (Å²) < 4.78 is 4.05. The lowest BCUT2D eigenvalue weighted by atomic mass is 10.2. The van der Waals surface area contributed by atoms with Crippen molar-refractivity contribution in [1.82, 2.24) is 19.2 Å². The van der Waals surface area contributed by atoms with Crippen molar-refractivity contribution in [1.29, 1.82) is 0 Å². The number of amides is 1. The first-order chi connectivity index (χ1) is 12.1. The van der Waals surface area contributed by atoms with Crippen LogP contribution in [0.3, 0.4) is 0 Å². The highest BCUT2D eigenvalue weighted by Crippen LogP contribution is 2.26. The molecular weight excluding hydrogens is 358 g/mol. The first-order valence-electron chi connectivity index (χ1n) is 7.61. The number of imidazole rings is 1. The molecule has 126 valence electrons. The Morgan fingerprint density at radius 1 is 1.08 bits per heavy atom. The number of nitrogens with zero attached hydrogens (tertiary/aromatic N) is 4. The maximum atomic E-state index is 11.1. The molecule has 0 radical (unpaired) electrons. The van der Waals surface area contributed by atoms with Crippen molar-refractivity contribution in [3.63, 3.8) is 0 Å². The summed E-state index contributed by atoms with van der Waals surface area (Å²) in [6.45, 7) is 0.646. The molecule has 0 saturated heterocycles. The van der Waals surface area contributed by atoms with Crippen molar-refractivity contribution in [2.45, 2.75) is 11.7 Å². The van der Waals surface area contributed by atoms with Gasteiger partial charge in [0, 0.05) is 5.02 Å². The molecule has 2 aromatic heterocycles. The lowest BCUT2D eigenvalue weighted by molar-refractivity contribution is -0.115. The summed E-state index contributed by atoms with van der Waals surface area (Å²) in [7, 11) is 0. The molecule has 4 rings (SSSR count). The van der Waals surface area contributed by atoms with Gasteiger partial charge in [-0.15, -0.1) is 10.2 Å². The summed E-state index contributed by atoms with van der Waals surface area (Å²) in [5, 5.41) is 9.90. The fourth-order valence-electron chi connectivity index (χ4n) is 2.79. The minimum absolute atomic E-state index is 0.164. The number of carbonyl (C=O) groups is 1. The lowest BCUT2D eigenvalue weighted by Crippen LogP contribution is -2.13. The minimum atomic E-state index is -0.383. The highest BCUT2D eigenvalue weighted by atomic mass is 35.5. The van der Waals surface area contributed by atoms with E-state index in [1.807, 2.05) is 52.9 Å². The van der Waals surface area contributed by atoms with Gasteiger partial charge in [-0.05, 0) is 29.8 Å². The quantitative estimate of drug-likeness (QED) is 0.547. The zero-order valence-electron chi connectivity index (χ0n) is 13.1. The SMILES string of the molecule is NC(=O)CSc1nnc2n(Cc3ccc(Cl)cc3)c3ccccc3n12. The summed E-state index contributed by atoms with van der Waals surface area (Å²) in [6.07, 6.45) is 0. The van der Waals surface area contributed by atoms with Crippen LogP contribution in [-0.2, 0) is 11.3 Å². The van der Waals surface area contributed by atoms with Crippen LogP contribution in [0.4, 0.5) is 0 Å². The molecule has 2 aromatic carbocycles. The molecule has 4 aromatic rings. The second-order valence-electron chi connectivity index (χ2n) is 5.57. The number of hydrogen-bond acceptors (Lipinski definition) is 4. The smallest absolute Gasteiger partial charge is 0.237 e. The van der Waals surface area contributed by atoms with Crippen molar-refractivity contribution in [2.75, 3.05) is 5.75 Å². The summed E-state index contributed by atoms with van der Waals surface area (Å²) in [5.41, 5.74) is 8.40. The molecule has 0 aliphatic rings.